The average molecular weight is 320 g/mol. The molecule has 1 aliphatic heterocycles. The van der Waals surface area contributed by atoms with E-state index >= 15 is 0 Å². The number of hydrogen-bond acceptors (Lipinski definition) is 5. The number of para-hydroxylation sites is 2. The Hall–Kier alpha value is -1.80. The van der Waals surface area contributed by atoms with E-state index in [9.17, 15) is 4.79 Å². The third-order valence-electron chi connectivity index (χ3n) is 2.24. The highest BCUT2D eigenvalue weighted by Crippen LogP contribution is 2.26. The standard InChI is InChI=1S/C11H13NO4.H4NO3P/c1-14-9-4-2-3-5-10(9)15-7-8-6-12-11(13)16-8;1-5(2,3)4/h2-5,8H,6-7H2,1H3,(H,12,13);(H4,1,2,3,4). The summed E-state index contributed by atoms with van der Waals surface area (Å²) in [6.07, 6.45) is -0.633. The summed E-state index contributed by atoms with van der Waals surface area (Å²) < 4.78 is 24.7. The second-order valence-corrected chi connectivity index (χ2v) is 5.14. The molecule has 0 radical (unpaired) electrons. The van der Waals surface area contributed by atoms with Gasteiger partial charge in [-0.1, -0.05) is 12.1 Å². The zero-order valence-corrected chi connectivity index (χ0v) is 12.2. The van der Waals surface area contributed by atoms with Crippen LogP contribution in [0, 0.1) is 0 Å². The number of ether oxygens (including phenoxy) is 3. The number of benzene rings is 1. The second-order valence-electron chi connectivity index (χ2n) is 3.96. The fourth-order valence-corrected chi connectivity index (χ4v) is 1.45. The molecule has 0 aliphatic carbocycles. The van der Waals surface area contributed by atoms with Crippen molar-refractivity contribution in [2.45, 2.75) is 6.10 Å². The Balaban J connectivity index is 0.000000383. The van der Waals surface area contributed by atoms with E-state index in [4.69, 9.17) is 28.6 Å². The molecule has 1 fully saturated rings. The highest BCUT2D eigenvalue weighted by Gasteiger charge is 2.23. The Morgan fingerprint density at radius 1 is 1.43 bits per heavy atom. The quantitative estimate of drug-likeness (QED) is 0.577. The van der Waals surface area contributed by atoms with Gasteiger partial charge in [0.1, 0.15) is 6.61 Å². The van der Waals surface area contributed by atoms with Crippen molar-refractivity contribution >= 4 is 13.8 Å². The molecule has 0 saturated carbocycles. The van der Waals surface area contributed by atoms with Crippen LogP contribution in [0.25, 0.3) is 0 Å². The third-order valence-corrected chi connectivity index (χ3v) is 2.24. The summed E-state index contributed by atoms with van der Waals surface area (Å²) in [6.45, 7) is 0.799. The number of alkyl carbamates (subject to hydrolysis) is 1. The molecule has 1 unspecified atom stereocenters. The van der Waals surface area contributed by atoms with E-state index in [0.29, 0.717) is 24.7 Å². The molecule has 1 saturated heterocycles. The lowest BCUT2D eigenvalue weighted by Gasteiger charge is -2.12. The maximum absolute atomic E-state index is 10.8. The fraction of sp³-hybridized carbons (Fsp3) is 0.364. The van der Waals surface area contributed by atoms with Gasteiger partial charge in [0.2, 0.25) is 0 Å². The number of hydrogen-bond donors (Lipinski definition) is 4. The van der Waals surface area contributed by atoms with Gasteiger partial charge in [0.05, 0.1) is 13.7 Å². The minimum absolute atomic E-state index is 0.239. The Kier molecular flexibility index (Phi) is 6.44. The van der Waals surface area contributed by atoms with Crippen molar-refractivity contribution < 1.29 is 33.4 Å². The van der Waals surface area contributed by atoms with Gasteiger partial charge in [0, 0.05) is 0 Å². The van der Waals surface area contributed by atoms with E-state index in [-0.39, 0.29) is 6.10 Å². The van der Waals surface area contributed by atoms with E-state index in [2.05, 4.69) is 10.8 Å². The van der Waals surface area contributed by atoms with Gasteiger partial charge in [-0.15, -0.1) is 0 Å². The van der Waals surface area contributed by atoms with Crippen LogP contribution in [-0.2, 0) is 9.30 Å². The number of carbonyl (C=O) groups excluding carboxylic acids is 1. The third kappa shape index (κ3) is 7.52. The first kappa shape index (κ1) is 17.3. The molecule has 1 aromatic rings. The molecule has 1 atom stereocenters. The largest absolute Gasteiger partial charge is 0.493 e. The van der Waals surface area contributed by atoms with Crippen LogP contribution in [0.3, 0.4) is 0 Å². The van der Waals surface area contributed by atoms with Crippen LogP contribution in [0.15, 0.2) is 24.3 Å². The summed E-state index contributed by atoms with van der Waals surface area (Å²) in [5.41, 5.74) is 4.02. The Morgan fingerprint density at radius 3 is 2.48 bits per heavy atom. The smallest absolute Gasteiger partial charge is 0.407 e. The minimum Gasteiger partial charge on any atom is -0.493 e. The van der Waals surface area contributed by atoms with Crippen LogP contribution in [0.1, 0.15) is 0 Å². The van der Waals surface area contributed by atoms with Gasteiger partial charge in [0.15, 0.2) is 17.6 Å². The lowest BCUT2D eigenvalue weighted by atomic mass is 10.3. The van der Waals surface area contributed by atoms with Crippen molar-refractivity contribution in [1.82, 2.24) is 5.32 Å². The van der Waals surface area contributed by atoms with E-state index in [1.165, 1.54) is 0 Å². The Bertz CT molecular complexity index is 511. The SMILES string of the molecule is COc1ccccc1OCC1CNC(=O)O1.NP(=O)(O)O. The predicted octanol–water partition coefficient (Wildman–Crippen LogP) is 0.220. The molecule has 118 valence electrons. The van der Waals surface area contributed by atoms with Crippen molar-refractivity contribution in [2.75, 3.05) is 20.3 Å². The molecular weight excluding hydrogens is 303 g/mol. The average Bonchev–Trinajstić information content (AvgIpc) is 2.80. The number of methoxy groups -OCH3 is 1. The summed E-state index contributed by atoms with van der Waals surface area (Å²) in [4.78, 5) is 25.6. The van der Waals surface area contributed by atoms with Gasteiger partial charge < -0.3 is 29.3 Å². The van der Waals surface area contributed by atoms with E-state index in [1.54, 1.807) is 7.11 Å². The zero-order valence-electron chi connectivity index (χ0n) is 11.3. The summed E-state index contributed by atoms with van der Waals surface area (Å²) in [5.74, 6) is 1.31. The molecule has 0 spiro atoms. The first-order valence-corrected chi connectivity index (χ1v) is 7.52. The second kappa shape index (κ2) is 7.84. The lowest BCUT2D eigenvalue weighted by Crippen LogP contribution is -2.22. The van der Waals surface area contributed by atoms with Gasteiger partial charge in [0.25, 0.3) is 0 Å². The van der Waals surface area contributed by atoms with Crippen LogP contribution in [0.4, 0.5) is 4.79 Å². The molecule has 1 heterocycles. The van der Waals surface area contributed by atoms with Crippen LogP contribution in [-0.4, -0.2) is 42.2 Å². The molecule has 1 amide bonds. The zero-order chi connectivity index (χ0) is 15.9. The normalized spacial score (nSPS) is 17.1. The number of nitrogens with two attached hydrogens (primary N) is 1. The van der Waals surface area contributed by atoms with Crippen molar-refractivity contribution in [3.05, 3.63) is 24.3 Å². The molecule has 1 aliphatic rings. The highest BCUT2D eigenvalue weighted by molar-refractivity contribution is 7.49. The Labute approximate surface area is 121 Å². The molecule has 5 N–H and O–H groups in total. The lowest BCUT2D eigenvalue weighted by molar-refractivity contribution is 0.103. The fourth-order valence-electron chi connectivity index (χ4n) is 1.45. The van der Waals surface area contributed by atoms with Gasteiger partial charge in [-0.3, -0.25) is 0 Å². The number of amides is 1. The number of rotatable bonds is 4. The van der Waals surface area contributed by atoms with Crippen molar-refractivity contribution in [3.63, 3.8) is 0 Å². The van der Waals surface area contributed by atoms with Crippen molar-refractivity contribution in [2.24, 2.45) is 5.50 Å². The molecule has 2 rings (SSSR count). The maximum Gasteiger partial charge on any atom is 0.407 e. The molecular formula is C11H17N2O7P. The predicted molar refractivity (Wildman–Crippen MR) is 73.0 cm³/mol. The number of nitrogens with one attached hydrogen (secondary N) is 1. The molecule has 10 heteroatoms. The van der Waals surface area contributed by atoms with Crippen LogP contribution < -0.4 is 20.3 Å². The van der Waals surface area contributed by atoms with Crippen LogP contribution in [0.2, 0.25) is 0 Å². The van der Waals surface area contributed by atoms with Crippen molar-refractivity contribution in [3.8, 4) is 11.5 Å². The van der Waals surface area contributed by atoms with Gasteiger partial charge >= 0.3 is 13.8 Å². The van der Waals surface area contributed by atoms with Gasteiger partial charge in [-0.25, -0.2) is 14.9 Å². The molecule has 0 aromatic heterocycles. The van der Waals surface area contributed by atoms with Gasteiger partial charge in [-0.2, -0.15) is 0 Å². The Morgan fingerprint density at radius 2 is 2.00 bits per heavy atom. The highest BCUT2D eigenvalue weighted by atomic mass is 31.2. The van der Waals surface area contributed by atoms with E-state index < -0.39 is 13.8 Å². The molecule has 21 heavy (non-hydrogen) atoms. The minimum atomic E-state index is -4.14. The first-order valence-electron chi connectivity index (χ1n) is 5.84. The molecule has 1 aromatic carbocycles. The summed E-state index contributed by atoms with van der Waals surface area (Å²) in [5, 5.41) is 2.56. The summed E-state index contributed by atoms with van der Waals surface area (Å²) >= 11 is 0. The molecule has 0 bridgehead atoms. The number of cyclic esters (lactones) is 1. The van der Waals surface area contributed by atoms with Crippen LogP contribution >= 0.6 is 7.75 Å². The number of carbonyl (C=O) groups is 1. The summed E-state index contributed by atoms with van der Waals surface area (Å²) in [6, 6.07) is 7.34. The van der Waals surface area contributed by atoms with E-state index in [0.717, 1.165) is 0 Å². The first-order chi connectivity index (χ1) is 9.79. The maximum atomic E-state index is 10.8. The monoisotopic (exact) mass is 320 g/mol. The van der Waals surface area contributed by atoms with Crippen LogP contribution in [0.5, 0.6) is 11.5 Å². The topological polar surface area (TPSA) is 140 Å². The van der Waals surface area contributed by atoms with Crippen molar-refractivity contribution in [1.29, 1.82) is 0 Å². The van der Waals surface area contributed by atoms with Gasteiger partial charge in [-0.05, 0) is 12.1 Å². The van der Waals surface area contributed by atoms with E-state index in [1.807, 2.05) is 24.3 Å². The molecule has 9 nitrogen and oxygen atoms in total. The summed E-state index contributed by atoms with van der Waals surface area (Å²) in [7, 11) is -2.56.